The Bertz CT molecular complexity index is 575. The number of benzene rings is 1. The van der Waals surface area contributed by atoms with Gasteiger partial charge in [-0.25, -0.2) is 0 Å². The van der Waals surface area contributed by atoms with Crippen LogP contribution in [0.5, 0.6) is 0 Å². The highest BCUT2D eigenvalue weighted by molar-refractivity contribution is 5.71. The molecule has 0 N–H and O–H groups in total. The number of rotatable bonds is 3. The molecule has 0 amide bonds. The number of nitrogens with zero attached hydrogens (tertiary/aromatic N) is 4. The standard InChI is InChI=1S/C15H16N4O2/c1-21-14(20)11-18-5-7-19(8-6-18)15-12(9-16)3-2-4-13(15)10-17/h2-4H,5-8,11H2,1H3. The molecule has 1 aliphatic heterocycles. The molecule has 1 aliphatic rings. The highest BCUT2D eigenvalue weighted by Crippen LogP contribution is 2.25. The zero-order valence-corrected chi connectivity index (χ0v) is 11.9. The van der Waals surface area contributed by atoms with E-state index in [0.717, 1.165) is 0 Å². The number of hydrogen-bond donors (Lipinski definition) is 0. The maximum absolute atomic E-state index is 11.3. The van der Waals surface area contributed by atoms with Gasteiger partial charge in [-0.05, 0) is 12.1 Å². The molecule has 0 atom stereocenters. The van der Waals surface area contributed by atoms with Crippen LogP contribution in [0.2, 0.25) is 0 Å². The first kappa shape index (κ1) is 14.8. The Labute approximate surface area is 123 Å². The van der Waals surface area contributed by atoms with E-state index in [-0.39, 0.29) is 12.5 Å². The summed E-state index contributed by atoms with van der Waals surface area (Å²) >= 11 is 0. The summed E-state index contributed by atoms with van der Waals surface area (Å²) < 4.78 is 4.66. The Kier molecular flexibility index (Phi) is 4.76. The molecular formula is C15H16N4O2. The lowest BCUT2D eigenvalue weighted by atomic mass is 10.1. The molecule has 1 aromatic carbocycles. The highest BCUT2D eigenvalue weighted by atomic mass is 16.5. The second kappa shape index (κ2) is 6.74. The molecule has 6 nitrogen and oxygen atoms in total. The first-order chi connectivity index (χ1) is 10.2. The number of ether oxygens (including phenoxy) is 1. The van der Waals surface area contributed by atoms with E-state index in [2.05, 4.69) is 16.9 Å². The molecule has 1 heterocycles. The normalized spacial score (nSPS) is 15.1. The van der Waals surface area contributed by atoms with Crippen molar-refractivity contribution in [2.75, 3.05) is 44.7 Å². The van der Waals surface area contributed by atoms with Crippen molar-refractivity contribution >= 4 is 11.7 Å². The molecule has 0 saturated carbocycles. The van der Waals surface area contributed by atoms with Crippen molar-refractivity contribution in [3.05, 3.63) is 29.3 Å². The molecule has 21 heavy (non-hydrogen) atoms. The Morgan fingerprint density at radius 2 is 1.76 bits per heavy atom. The van der Waals surface area contributed by atoms with Gasteiger partial charge in [0.1, 0.15) is 12.1 Å². The predicted molar refractivity (Wildman–Crippen MR) is 76.5 cm³/mol. The van der Waals surface area contributed by atoms with Gasteiger partial charge < -0.3 is 9.64 Å². The van der Waals surface area contributed by atoms with Gasteiger partial charge in [-0.2, -0.15) is 10.5 Å². The average molecular weight is 284 g/mol. The molecule has 0 bridgehead atoms. The monoisotopic (exact) mass is 284 g/mol. The van der Waals surface area contributed by atoms with Gasteiger partial charge in [0.05, 0.1) is 30.5 Å². The molecular weight excluding hydrogens is 268 g/mol. The minimum atomic E-state index is -0.251. The molecule has 6 heteroatoms. The minimum Gasteiger partial charge on any atom is -0.468 e. The van der Waals surface area contributed by atoms with Crippen LogP contribution in [0, 0.1) is 22.7 Å². The predicted octanol–water partition coefficient (Wildman–Crippen LogP) is 0.725. The van der Waals surface area contributed by atoms with Crippen molar-refractivity contribution in [1.82, 2.24) is 4.90 Å². The van der Waals surface area contributed by atoms with E-state index in [4.69, 9.17) is 0 Å². The van der Waals surface area contributed by atoms with Gasteiger partial charge in [-0.1, -0.05) is 6.07 Å². The number of nitriles is 2. The minimum absolute atomic E-state index is 0.251. The first-order valence-electron chi connectivity index (χ1n) is 6.67. The van der Waals surface area contributed by atoms with Gasteiger partial charge in [0, 0.05) is 26.2 Å². The maximum Gasteiger partial charge on any atom is 0.319 e. The van der Waals surface area contributed by atoms with E-state index in [1.165, 1.54) is 7.11 Å². The van der Waals surface area contributed by atoms with Gasteiger partial charge in [0.15, 0.2) is 0 Å². The number of hydrogen-bond acceptors (Lipinski definition) is 6. The van der Waals surface area contributed by atoms with Crippen molar-refractivity contribution < 1.29 is 9.53 Å². The topological polar surface area (TPSA) is 80.4 Å². The molecule has 2 rings (SSSR count). The van der Waals surface area contributed by atoms with Crippen molar-refractivity contribution in [3.8, 4) is 12.1 Å². The van der Waals surface area contributed by atoms with Crippen molar-refractivity contribution in [1.29, 1.82) is 10.5 Å². The van der Waals surface area contributed by atoms with E-state index in [0.29, 0.717) is 43.0 Å². The molecule has 108 valence electrons. The lowest BCUT2D eigenvalue weighted by Gasteiger charge is -2.36. The Morgan fingerprint density at radius 3 is 2.24 bits per heavy atom. The molecule has 1 saturated heterocycles. The van der Waals surface area contributed by atoms with E-state index in [9.17, 15) is 15.3 Å². The third-order valence-corrected chi connectivity index (χ3v) is 3.55. The molecule has 1 fully saturated rings. The van der Waals surface area contributed by atoms with Crippen LogP contribution in [-0.2, 0) is 9.53 Å². The van der Waals surface area contributed by atoms with Crippen LogP contribution in [-0.4, -0.2) is 50.7 Å². The summed E-state index contributed by atoms with van der Waals surface area (Å²) in [5.74, 6) is -0.251. The van der Waals surface area contributed by atoms with Crippen LogP contribution in [0.25, 0.3) is 0 Å². The van der Waals surface area contributed by atoms with Crippen LogP contribution in [0.1, 0.15) is 11.1 Å². The van der Waals surface area contributed by atoms with Gasteiger partial charge in [0.2, 0.25) is 0 Å². The van der Waals surface area contributed by atoms with E-state index < -0.39 is 0 Å². The molecule has 0 aliphatic carbocycles. The maximum atomic E-state index is 11.3. The van der Waals surface area contributed by atoms with Crippen molar-refractivity contribution in [2.24, 2.45) is 0 Å². The highest BCUT2D eigenvalue weighted by Gasteiger charge is 2.22. The summed E-state index contributed by atoms with van der Waals surface area (Å²) in [5, 5.41) is 18.4. The lowest BCUT2D eigenvalue weighted by molar-refractivity contribution is -0.142. The first-order valence-corrected chi connectivity index (χ1v) is 6.67. The quantitative estimate of drug-likeness (QED) is 0.761. The summed E-state index contributed by atoms with van der Waals surface area (Å²) in [4.78, 5) is 15.3. The van der Waals surface area contributed by atoms with Crippen LogP contribution < -0.4 is 4.90 Å². The Morgan fingerprint density at radius 1 is 1.19 bits per heavy atom. The zero-order valence-electron chi connectivity index (χ0n) is 11.9. The molecule has 0 spiro atoms. The molecule has 0 aromatic heterocycles. The SMILES string of the molecule is COC(=O)CN1CCN(c2c(C#N)cccc2C#N)CC1. The van der Waals surface area contributed by atoms with Crippen LogP contribution >= 0.6 is 0 Å². The van der Waals surface area contributed by atoms with E-state index >= 15 is 0 Å². The van der Waals surface area contributed by atoms with Gasteiger partial charge in [0.25, 0.3) is 0 Å². The van der Waals surface area contributed by atoms with E-state index in [1.54, 1.807) is 18.2 Å². The van der Waals surface area contributed by atoms with Gasteiger partial charge in [-0.15, -0.1) is 0 Å². The smallest absolute Gasteiger partial charge is 0.319 e. The summed E-state index contributed by atoms with van der Waals surface area (Å²) in [7, 11) is 1.38. The lowest BCUT2D eigenvalue weighted by Crippen LogP contribution is -2.48. The fourth-order valence-corrected chi connectivity index (χ4v) is 2.44. The number of carbonyl (C=O) groups is 1. The molecule has 0 radical (unpaired) electrons. The number of carbonyl (C=O) groups excluding carboxylic acids is 1. The fourth-order valence-electron chi connectivity index (χ4n) is 2.44. The molecule has 1 aromatic rings. The van der Waals surface area contributed by atoms with Crippen LogP contribution in [0.3, 0.4) is 0 Å². The largest absolute Gasteiger partial charge is 0.468 e. The van der Waals surface area contributed by atoms with E-state index in [1.807, 2.05) is 9.80 Å². The van der Waals surface area contributed by atoms with Gasteiger partial charge in [-0.3, -0.25) is 9.69 Å². The summed E-state index contributed by atoms with van der Waals surface area (Å²) in [6, 6.07) is 9.43. The number of anilines is 1. The van der Waals surface area contributed by atoms with Gasteiger partial charge >= 0.3 is 5.97 Å². The third-order valence-electron chi connectivity index (χ3n) is 3.55. The van der Waals surface area contributed by atoms with Crippen LogP contribution in [0.15, 0.2) is 18.2 Å². The number of piperazine rings is 1. The Hall–Kier alpha value is -2.57. The summed E-state index contributed by atoms with van der Waals surface area (Å²) in [6.07, 6.45) is 0. The summed E-state index contributed by atoms with van der Waals surface area (Å²) in [6.45, 7) is 3.00. The number of methoxy groups -OCH3 is 1. The Balaban J connectivity index is 2.11. The van der Waals surface area contributed by atoms with Crippen LogP contribution in [0.4, 0.5) is 5.69 Å². The average Bonchev–Trinajstić information content (AvgIpc) is 2.54. The summed E-state index contributed by atoms with van der Waals surface area (Å²) in [5.41, 5.74) is 1.71. The zero-order chi connectivity index (χ0) is 15.2. The number of para-hydroxylation sites is 1. The van der Waals surface area contributed by atoms with Crippen molar-refractivity contribution in [3.63, 3.8) is 0 Å². The third kappa shape index (κ3) is 3.31. The fraction of sp³-hybridized carbons (Fsp3) is 0.400. The number of esters is 1. The molecule has 0 unspecified atom stereocenters. The second-order valence-corrected chi connectivity index (χ2v) is 4.76. The van der Waals surface area contributed by atoms with Crippen molar-refractivity contribution in [2.45, 2.75) is 0 Å². The second-order valence-electron chi connectivity index (χ2n) is 4.76.